The molecule has 0 spiro atoms. The van der Waals surface area contributed by atoms with Crippen molar-refractivity contribution < 1.29 is 4.39 Å². The van der Waals surface area contributed by atoms with Gasteiger partial charge in [0.15, 0.2) is 0 Å². The summed E-state index contributed by atoms with van der Waals surface area (Å²) < 4.78 is 13.2. The number of halogens is 1. The van der Waals surface area contributed by atoms with Gasteiger partial charge >= 0.3 is 0 Å². The summed E-state index contributed by atoms with van der Waals surface area (Å²) in [5.74, 6) is -0.251. The Hall–Kier alpha value is -2.33. The van der Waals surface area contributed by atoms with Crippen molar-refractivity contribution >= 4 is 11.0 Å². The summed E-state index contributed by atoms with van der Waals surface area (Å²) in [7, 11) is 0. The smallest absolute Gasteiger partial charge is 0.123 e. The van der Waals surface area contributed by atoms with E-state index < -0.39 is 0 Å². The summed E-state index contributed by atoms with van der Waals surface area (Å²) in [6, 6.07) is 13.8. The number of benzene rings is 2. The van der Waals surface area contributed by atoms with Gasteiger partial charge in [0.2, 0.25) is 0 Å². The van der Waals surface area contributed by atoms with Crippen LogP contribution >= 0.6 is 0 Å². The molecule has 0 bridgehead atoms. The van der Waals surface area contributed by atoms with Gasteiger partial charge in [0.1, 0.15) is 5.82 Å². The van der Waals surface area contributed by atoms with E-state index in [4.69, 9.17) is 5.73 Å². The van der Waals surface area contributed by atoms with Gasteiger partial charge in [-0.15, -0.1) is 0 Å². The molecule has 1 aromatic heterocycles. The van der Waals surface area contributed by atoms with Crippen molar-refractivity contribution in [3.8, 4) is 0 Å². The summed E-state index contributed by atoms with van der Waals surface area (Å²) >= 11 is 0. The molecule has 0 aliphatic carbocycles. The lowest BCUT2D eigenvalue weighted by Gasteiger charge is -2.11. The highest BCUT2D eigenvalue weighted by Gasteiger charge is 2.10. The zero-order valence-electron chi connectivity index (χ0n) is 10.8. The first-order valence-corrected chi connectivity index (χ1v) is 6.44. The van der Waals surface area contributed by atoms with Crippen LogP contribution in [0.4, 0.5) is 4.39 Å². The molecule has 1 unspecified atom stereocenters. The van der Waals surface area contributed by atoms with E-state index in [1.165, 1.54) is 12.1 Å². The number of fused-ring (bicyclic) bond motifs is 1. The van der Waals surface area contributed by atoms with Gasteiger partial charge < -0.3 is 5.73 Å². The van der Waals surface area contributed by atoms with Crippen LogP contribution in [0.3, 0.4) is 0 Å². The van der Waals surface area contributed by atoms with E-state index in [-0.39, 0.29) is 11.9 Å². The third-order valence-corrected chi connectivity index (χ3v) is 3.19. The molecule has 1 heterocycles. The van der Waals surface area contributed by atoms with E-state index >= 15 is 0 Å². The third-order valence-electron chi connectivity index (χ3n) is 3.19. The van der Waals surface area contributed by atoms with Crippen molar-refractivity contribution in [1.82, 2.24) is 9.97 Å². The second-order valence-corrected chi connectivity index (χ2v) is 4.72. The molecule has 3 rings (SSSR count). The number of para-hydroxylation sites is 2. The topological polar surface area (TPSA) is 51.8 Å². The third kappa shape index (κ3) is 2.65. The Morgan fingerprint density at radius 3 is 2.65 bits per heavy atom. The minimum atomic E-state index is -0.297. The minimum absolute atomic E-state index is 0.251. The Balaban J connectivity index is 1.86. The van der Waals surface area contributed by atoms with Gasteiger partial charge in [0.25, 0.3) is 0 Å². The second-order valence-electron chi connectivity index (χ2n) is 4.72. The van der Waals surface area contributed by atoms with E-state index in [1.807, 2.05) is 30.3 Å². The Morgan fingerprint density at radius 1 is 1.05 bits per heavy atom. The average molecular weight is 267 g/mol. The van der Waals surface area contributed by atoms with Gasteiger partial charge in [-0.3, -0.25) is 4.98 Å². The summed E-state index contributed by atoms with van der Waals surface area (Å²) in [4.78, 5) is 8.86. The molecule has 0 aliphatic heterocycles. The monoisotopic (exact) mass is 267 g/mol. The zero-order chi connectivity index (χ0) is 13.9. The Bertz CT molecular complexity index is 742. The van der Waals surface area contributed by atoms with Crippen LogP contribution in [0.1, 0.15) is 17.3 Å². The van der Waals surface area contributed by atoms with Crippen molar-refractivity contribution in [2.45, 2.75) is 12.5 Å². The van der Waals surface area contributed by atoms with E-state index in [2.05, 4.69) is 9.97 Å². The molecular weight excluding hydrogens is 253 g/mol. The van der Waals surface area contributed by atoms with Crippen molar-refractivity contribution in [3.63, 3.8) is 0 Å². The lowest BCUT2D eigenvalue weighted by Crippen LogP contribution is -2.15. The molecule has 0 aliphatic rings. The van der Waals surface area contributed by atoms with Crippen LogP contribution in [-0.2, 0) is 6.42 Å². The van der Waals surface area contributed by atoms with Crippen LogP contribution in [0.15, 0.2) is 54.7 Å². The molecule has 100 valence electrons. The van der Waals surface area contributed by atoms with Crippen molar-refractivity contribution in [3.05, 3.63) is 71.8 Å². The fraction of sp³-hybridized carbons (Fsp3) is 0.125. The second kappa shape index (κ2) is 5.35. The standard InChI is InChI=1S/C16H14FN3/c17-12-5-3-4-11(8-12)9-13(18)16-10-19-14-6-1-2-7-15(14)20-16/h1-8,10,13H,9,18H2. The SMILES string of the molecule is NC(Cc1cccc(F)c1)c1cnc2ccccc2n1. The maximum absolute atomic E-state index is 13.2. The lowest BCUT2D eigenvalue weighted by atomic mass is 10.0. The molecule has 3 nitrogen and oxygen atoms in total. The van der Waals surface area contributed by atoms with Gasteiger partial charge in [-0.25, -0.2) is 9.37 Å². The summed E-state index contributed by atoms with van der Waals surface area (Å²) in [5.41, 5.74) is 9.37. The minimum Gasteiger partial charge on any atom is -0.322 e. The molecule has 2 aromatic carbocycles. The summed E-state index contributed by atoms with van der Waals surface area (Å²) in [6.07, 6.45) is 2.22. The normalized spacial score (nSPS) is 12.5. The Labute approximate surface area is 116 Å². The predicted octanol–water partition coefficient (Wildman–Crippen LogP) is 3.01. The number of hydrogen-bond donors (Lipinski definition) is 1. The lowest BCUT2D eigenvalue weighted by molar-refractivity contribution is 0.621. The first kappa shape index (κ1) is 12.7. The number of aromatic nitrogens is 2. The zero-order valence-corrected chi connectivity index (χ0v) is 10.8. The van der Waals surface area contributed by atoms with Crippen molar-refractivity contribution in [2.24, 2.45) is 5.73 Å². The number of hydrogen-bond acceptors (Lipinski definition) is 3. The quantitative estimate of drug-likeness (QED) is 0.793. The molecule has 2 N–H and O–H groups in total. The maximum atomic E-state index is 13.2. The maximum Gasteiger partial charge on any atom is 0.123 e. The molecule has 0 saturated heterocycles. The Kier molecular flexibility index (Phi) is 3.39. The molecule has 0 saturated carbocycles. The molecule has 0 amide bonds. The van der Waals surface area contributed by atoms with Gasteiger partial charge in [-0.1, -0.05) is 24.3 Å². The van der Waals surface area contributed by atoms with Crippen molar-refractivity contribution in [1.29, 1.82) is 0 Å². The molecule has 3 aromatic rings. The first-order chi connectivity index (χ1) is 9.72. The largest absolute Gasteiger partial charge is 0.322 e. The van der Waals surface area contributed by atoms with E-state index in [0.717, 1.165) is 16.6 Å². The molecule has 0 radical (unpaired) electrons. The predicted molar refractivity (Wildman–Crippen MR) is 76.6 cm³/mol. The van der Waals surface area contributed by atoms with E-state index in [1.54, 1.807) is 12.3 Å². The molecule has 1 atom stereocenters. The highest BCUT2D eigenvalue weighted by Crippen LogP contribution is 2.17. The average Bonchev–Trinajstić information content (AvgIpc) is 2.47. The van der Waals surface area contributed by atoms with Crippen LogP contribution in [-0.4, -0.2) is 9.97 Å². The van der Waals surface area contributed by atoms with Crippen LogP contribution in [0.2, 0.25) is 0 Å². The van der Waals surface area contributed by atoms with Crippen LogP contribution in [0.5, 0.6) is 0 Å². The summed E-state index contributed by atoms with van der Waals surface area (Å²) in [6.45, 7) is 0. The number of rotatable bonds is 3. The summed E-state index contributed by atoms with van der Waals surface area (Å²) in [5, 5.41) is 0. The van der Waals surface area contributed by atoms with Gasteiger partial charge in [-0.05, 0) is 36.2 Å². The highest BCUT2D eigenvalue weighted by molar-refractivity contribution is 5.73. The Morgan fingerprint density at radius 2 is 1.85 bits per heavy atom. The van der Waals surface area contributed by atoms with Gasteiger partial charge in [0, 0.05) is 0 Å². The van der Waals surface area contributed by atoms with Crippen molar-refractivity contribution in [2.75, 3.05) is 0 Å². The number of nitrogens with zero attached hydrogens (tertiary/aromatic N) is 2. The van der Waals surface area contributed by atoms with Crippen LogP contribution in [0.25, 0.3) is 11.0 Å². The van der Waals surface area contributed by atoms with Crippen LogP contribution in [0, 0.1) is 5.82 Å². The molecular formula is C16H14FN3. The van der Waals surface area contributed by atoms with Crippen LogP contribution < -0.4 is 5.73 Å². The highest BCUT2D eigenvalue weighted by atomic mass is 19.1. The first-order valence-electron chi connectivity index (χ1n) is 6.44. The van der Waals surface area contributed by atoms with E-state index in [9.17, 15) is 4.39 Å². The van der Waals surface area contributed by atoms with E-state index in [0.29, 0.717) is 12.1 Å². The van der Waals surface area contributed by atoms with Gasteiger partial charge in [-0.2, -0.15) is 0 Å². The fourth-order valence-electron chi connectivity index (χ4n) is 2.17. The number of nitrogens with two attached hydrogens (primary N) is 1. The fourth-order valence-corrected chi connectivity index (χ4v) is 2.17. The molecule has 4 heteroatoms. The molecule has 0 fully saturated rings. The molecule has 20 heavy (non-hydrogen) atoms. The van der Waals surface area contributed by atoms with Gasteiger partial charge in [0.05, 0.1) is 29.0 Å².